The minimum atomic E-state index is 0.165. The van der Waals surface area contributed by atoms with E-state index in [0.29, 0.717) is 6.04 Å². The standard InChI is InChI=1S/C14H25N3/c1-12(2)17-8-5-6-13(17)10-14(3,4)16-9-7-15-11-16/h7,9,11-13H,5-6,8,10H2,1-4H3. The van der Waals surface area contributed by atoms with Crippen molar-refractivity contribution in [2.75, 3.05) is 6.54 Å². The highest BCUT2D eigenvalue weighted by Crippen LogP contribution is 2.30. The summed E-state index contributed by atoms with van der Waals surface area (Å²) in [6.45, 7) is 10.5. The average molecular weight is 235 g/mol. The van der Waals surface area contributed by atoms with E-state index in [2.05, 4.69) is 48.3 Å². The molecule has 1 aromatic rings. The van der Waals surface area contributed by atoms with Gasteiger partial charge in [0.2, 0.25) is 0 Å². The lowest BCUT2D eigenvalue weighted by atomic mass is 9.93. The molecular weight excluding hydrogens is 210 g/mol. The smallest absolute Gasteiger partial charge is 0.0950 e. The van der Waals surface area contributed by atoms with Crippen molar-refractivity contribution < 1.29 is 0 Å². The molecule has 1 aromatic heterocycles. The van der Waals surface area contributed by atoms with Gasteiger partial charge in [-0.3, -0.25) is 4.90 Å². The Kier molecular flexibility index (Phi) is 3.57. The third-order valence-corrected chi connectivity index (χ3v) is 4.02. The van der Waals surface area contributed by atoms with Crippen LogP contribution in [-0.2, 0) is 5.54 Å². The highest BCUT2D eigenvalue weighted by molar-refractivity contribution is 4.92. The Morgan fingerprint density at radius 3 is 2.76 bits per heavy atom. The van der Waals surface area contributed by atoms with E-state index in [1.807, 2.05) is 12.5 Å². The van der Waals surface area contributed by atoms with Crippen LogP contribution in [-0.4, -0.2) is 33.1 Å². The van der Waals surface area contributed by atoms with E-state index >= 15 is 0 Å². The van der Waals surface area contributed by atoms with Gasteiger partial charge in [0.05, 0.1) is 6.33 Å². The Balaban J connectivity index is 2.05. The Morgan fingerprint density at radius 1 is 1.41 bits per heavy atom. The van der Waals surface area contributed by atoms with Gasteiger partial charge in [0, 0.05) is 30.0 Å². The van der Waals surface area contributed by atoms with Crippen molar-refractivity contribution in [3.05, 3.63) is 18.7 Å². The van der Waals surface area contributed by atoms with Gasteiger partial charge < -0.3 is 4.57 Å². The number of hydrogen-bond donors (Lipinski definition) is 0. The summed E-state index contributed by atoms with van der Waals surface area (Å²) in [6, 6.07) is 1.40. The lowest BCUT2D eigenvalue weighted by Crippen LogP contribution is -2.40. The lowest BCUT2D eigenvalue weighted by Gasteiger charge is -2.35. The SMILES string of the molecule is CC(C)N1CCCC1CC(C)(C)n1ccnc1. The number of likely N-dealkylation sites (tertiary alicyclic amines) is 1. The van der Waals surface area contributed by atoms with Crippen LogP contribution in [0.25, 0.3) is 0 Å². The van der Waals surface area contributed by atoms with Crippen molar-refractivity contribution in [3.8, 4) is 0 Å². The summed E-state index contributed by atoms with van der Waals surface area (Å²) in [7, 11) is 0. The van der Waals surface area contributed by atoms with Crippen LogP contribution in [0.4, 0.5) is 0 Å². The fourth-order valence-electron chi connectivity index (χ4n) is 3.06. The summed E-state index contributed by atoms with van der Waals surface area (Å²) >= 11 is 0. The van der Waals surface area contributed by atoms with Gasteiger partial charge in [0.15, 0.2) is 0 Å². The molecule has 2 rings (SSSR count). The number of hydrogen-bond acceptors (Lipinski definition) is 2. The molecule has 1 saturated heterocycles. The summed E-state index contributed by atoms with van der Waals surface area (Å²) in [6.07, 6.45) is 9.79. The van der Waals surface area contributed by atoms with Crippen LogP contribution in [0.5, 0.6) is 0 Å². The molecule has 1 atom stereocenters. The number of aromatic nitrogens is 2. The third-order valence-electron chi connectivity index (χ3n) is 4.02. The van der Waals surface area contributed by atoms with Crippen LogP contribution in [0.3, 0.4) is 0 Å². The monoisotopic (exact) mass is 235 g/mol. The fourth-order valence-corrected chi connectivity index (χ4v) is 3.06. The van der Waals surface area contributed by atoms with Crippen molar-refractivity contribution in [2.45, 2.75) is 64.6 Å². The minimum Gasteiger partial charge on any atom is -0.332 e. The van der Waals surface area contributed by atoms with E-state index in [1.54, 1.807) is 0 Å². The van der Waals surface area contributed by atoms with Crippen LogP contribution >= 0.6 is 0 Å². The van der Waals surface area contributed by atoms with Gasteiger partial charge in [-0.05, 0) is 53.5 Å². The van der Waals surface area contributed by atoms with E-state index in [0.717, 1.165) is 6.04 Å². The van der Waals surface area contributed by atoms with E-state index in [9.17, 15) is 0 Å². The van der Waals surface area contributed by atoms with E-state index in [-0.39, 0.29) is 5.54 Å². The first-order valence-electron chi connectivity index (χ1n) is 6.75. The van der Waals surface area contributed by atoms with Crippen LogP contribution in [0.1, 0.15) is 47.0 Å². The molecule has 1 aliphatic rings. The number of imidazole rings is 1. The van der Waals surface area contributed by atoms with Gasteiger partial charge in [0.1, 0.15) is 0 Å². The van der Waals surface area contributed by atoms with Crippen LogP contribution < -0.4 is 0 Å². The topological polar surface area (TPSA) is 21.1 Å². The predicted octanol–water partition coefficient (Wildman–Crippen LogP) is 2.88. The first kappa shape index (κ1) is 12.6. The van der Waals surface area contributed by atoms with Gasteiger partial charge >= 0.3 is 0 Å². The normalized spacial score (nSPS) is 22.5. The summed E-state index contributed by atoms with van der Waals surface area (Å²) in [4.78, 5) is 6.82. The summed E-state index contributed by atoms with van der Waals surface area (Å²) in [5.74, 6) is 0. The van der Waals surface area contributed by atoms with Crippen LogP contribution in [0.2, 0.25) is 0 Å². The highest BCUT2D eigenvalue weighted by Gasteiger charge is 2.32. The quantitative estimate of drug-likeness (QED) is 0.800. The molecule has 2 heterocycles. The zero-order chi connectivity index (χ0) is 12.5. The first-order chi connectivity index (χ1) is 8.00. The van der Waals surface area contributed by atoms with Gasteiger partial charge in [-0.1, -0.05) is 0 Å². The second kappa shape index (κ2) is 4.81. The summed E-state index contributed by atoms with van der Waals surface area (Å²) in [5, 5.41) is 0. The van der Waals surface area contributed by atoms with Crippen molar-refractivity contribution in [3.63, 3.8) is 0 Å². The molecule has 0 N–H and O–H groups in total. The molecule has 0 aromatic carbocycles. The maximum absolute atomic E-state index is 4.17. The summed E-state index contributed by atoms with van der Waals surface area (Å²) in [5.41, 5.74) is 0.165. The molecule has 0 spiro atoms. The van der Waals surface area contributed by atoms with Crippen LogP contribution in [0.15, 0.2) is 18.7 Å². The Labute approximate surface area is 105 Å². The minimum absolute atomic E-state index is 0.165. The Morgan fingerprint density at radius 2 is 2.18 bits per heavy atom. The zero-order valence-electron chi connectivity index (χ0n) is 11.6. The van der Waals surface area contributed by atoms with Crippen molar-refractivity contribution in [2.24, 2.45) is 0 Å². The second-order valence-electron chi connectivity index (χ2n) is 6.11. The maximum Gasteiger partial charge on any atom is 0.0950 e. The third kappa shape index (κ3) is 2.71. The molecule has 1 fully saturated rings. The van der Waals surface area contributed by atoms with Crippen molar-refractivity contribution in [1.82, 2.24) is 14.5 Å². The zero-order valence-corrected chi connectivity index (χ0v) is 11.6. The van der Waals surface area contributed by atoms with Gasteiger partial charge in [-0.15, -0.1) is 0 Å². The molecular formula is C14H25N3. The molecule has 17 heavy (non-hydrogen) atoms. The Bertz CT molecular complexity index is 340. The molecule has 96 valence electrons. The number of rotatable bonds is 4. The average Bonchev–Trinajstić information content (AvgIpc) is 2.85. The lowest BCUT2D eigenvalue weighted by molar-refractivity contribution is 0.152. The van der Waals surface area contributed by atoms with E-state index in [4.69, 9.17) is 0 Å². The molecule has 1 unspecified atom stereocenters. The molecule has 1 aliphatic heterocycles. The molecule has 0 aliphatic carbocycles. The van der Waals surface area contributed by atoms with Gasteiger partial charge in [0.25, 0.3) is 0 Å². The fraction of sp³-hybridized carbons (Fsp3) is 0.786. The summed E-state index contributed by atoms with van der Waals surface area (Å²) < 4.78 is 2.24. The maximum atomic E-state index is 4.17. The molecule has 0 bridgehead atoms. The van der Waals surface area contributed by atoms with Crippen molar-refractivity contribution >= 4 is 0 Å². The Hall–Kier alpha value is -0.830. The molecule has 3 heteroatoms. The molecule has 0 saturated carbocycles. The van der Waals surface area contributed by atoms with Gasteiger partial charge in [-0.2, -0.15) is 0 Å². The molecule has 0 radical (unpaired) electrons. The molecule has 0 amide bonds. The van der Waals surface area contributed by atoms with E-state index < -0.39 is 0 Å². The van der Waals surface area contributed by atoms with Crippen molar-refractivity contribution in [1.29, 1.82) is 0 Å². The largest absolute Gasteiger partial charge is 0.332 e. The van der Waals surface area contributed by atoms with Crippen LogP contribution in [0, 0.1) is 0 Å². The highest BCUT2D eigenvalue weighted by atomic mass is 15.2. The number of nitrogens with zero attached hydrogens (tertiary/aromatic N) is 3. The van der Waals surface area contributed by atoms with E-state index in [1.165, 1.54) is 25.8 Å². The first-order valence-corrected chi connectivity index (χ1v) is 6.75. The second-order valence-corrected chi connectivity index (χ2v) is 6.11. The molecule has 3 nitrogen and oxygen atoms in total. The predicted molar refractivity (Wildman–Crippen MR) is 71.0 cm³/mol. The van der Waals surface area contributed by atoms with Gasteiger partial charge in [-0.25, -0.2) is 4.98 Å².